The molecule has 1 amide bonds. The lowest BCUT2D eigenvalue weighted by Crippen LogP contribution is -2.41. The van der Waals surface area contributed by atoms with Crippen molar-refractivity contribution in [3.05, 3.63) is 17.7 Å². The van der Waals surface area contributed by atoms with E-state index in [2.05, 4.69) is 22.0 Å². The third-order valence-electron chi connectivity index (χ3n) is 3.98. The maximum Gasteiger partial charge on any atom is 0.410 e. The number of amides is 1. The average molecular weight is 352 g/mol. The fraction of sp³-hybridized carbons (Fsp3) is 0.625. The molecule has 3 heterocycles. The SMILES string of the molecule is C[C@@H]1C[C@@H](Cn2ncc3cnc(Cl)nc32)N(C(=O)OC(C)(C)C)C1. The van der Waals surface area contributed by atoms with Crippen molar-refractivity contribution in [2.24, 2.45) is 5.92 Å². The highest BCUT2D eigenvalue weighted by Gasteiger charge is 2.36. The second-order valence-electron chi connectivity index (χ2n) is 7.37. The number of ether oxygens (including phenoxy) is 1. The van der Waals surface area contributed by atoms with E-state index in [-0.39, 0.29) is 17.4 Å². The number of hydrogen-bond acceptors (Lipinski definition) is 5. The Labute approximate surface area is 146 Å². The molecule has 8 heteroatoms. The molecule has 1 saturated heterocycles. The lowest BCUT2D eigenvalue weighted by atomic mass is 10.1. The van der Waals surface area contributed by atoms with Crippen molar-refractivity contribution < 1.29 is 9.53 Å². The molecule has 0 bridgehead atoms. The average Bonchev–Trinajstić information content (AvgIpc) is 3.01. The zero-order valence-corrected chi connectivity index (χ0v) is 15.1. The summed E-state index contributed by atoms with van der Waals surface area (Å²) in [5, 5.41) is 5.39. The van der Waals surface area contributed by atoms with Crippen molar-refractivity contribution in [1.29, 1.82) is 0 Å². The molecule has 1 fully saturated rings. The van der Waals surface area contributed by atoms with Crippen molar-refractivity contribution in [1.82, 2.24) is 24.6 Å². The fourth-order valence-corrected chi connectivity index (χ4v) is 3.18. The van der Waals surface area contributed by atoms with E-state index in [0.29, 0.717) is 24.7 Å². The maximum absolute atomic E-state index is 12.5. The Hall–Kier alpha value is -1.89. The van der Waals surface area contributed by atoms with E-state index in [4.69, 9.17) is 16.3 Å². The van der Waals surface area contributed by atoms with Gasteiger partial charge >= 0.3 is 6.09 Å². The van der Waals surface area contributed by atoms with Crippen LogP contribution < -0.4 is 0 Å². The van der Waals surface area contributed by atoms with Crippen LogP contribution in [0.4, 0.5) is 4.79 Å². The number of halogens is 1. The van der Waals surface area contributed by atoms with E-state index >= 15 is 0 Å². The Morgan fingerprint density at radius 3 is 2.88 bits per heavy atom. The van der Waals surface area contributed by atoms with Gasteiger partial charge in [-0.25, -0.2) is 14.5 Å². The third-order valence-corrected chi connectivity index (χ3v) is 4.16. The zero-order valence-electron chi connectivity index (χ0n) is 14.4. The quantitative estimate of drug-likeness (QED) is 0.777. The van der Waals surface area contributed by atoms with E-state index in [9.17, 15) is 4.79 Å². The van der Waals surface area contributed by atoms with Crippen LogP contribution in [0.5, 0.6) is 0 Å². The second kappa shape index (κ2) is 6.20. The van der Waals surface area contributed by atoms with Crippen LogP contribution in [0, 0.1) is 5.92 Å². The number of hydrogen-bond donors (Lipinski definition) is 0. The van der Waals surface area contributed by atoms with E-state index in [0.717, 1.165) is 11.8 Å². The maximum atomic E-state index is 12.5. The molecule has 0 aromatic carbocycles. The predicted molar refractivity (Wildman–Crippen MR) is 90.8 cm³/mol. The number of carbonyl (C=O) groups is 1. The number of carbonyl (C=O) groups excluding carboxylic acids is 1. The molecule has 2 aromatic heterocycles. The van der Waals surface area contributed by atoms with Crippen LogP contribution in [0.15, 0.2) is 12.4 Å². The highest BCUT2D eigenvalue weighted by Crippen LogP contribution is 2.27. The molecular weight excluding hydrogens is 330 g/mol. The summed E-state index contributed by atoms with van der Waals surface area (Å²) in [5.41, 5.74) is 0.172. The van der Waals surface area contributed by atoms with Crippen LogP contribution in [-0.4, -0.2) is 48.9 Å². The van der Waals surface area contributed by atoms with Gasteiger partial charge in [-0.1, -0.05) is 6.92 Å². The summed E-state index contributed by atoms with van der Waals surface area (Å²) in [6, 6.07) is 0.0201. The number of fused-ring (bicyclic) bond motifs is 1. The Kier molecular flexibility index (Phi) is 4.38. The third kappa shape index (κ3) is 3.61. The first-order valence-electron chi connectivity index (χ1n) is 8.06. The Morgan fingerprint density at radius 1 is 1.42 bits per heavy atom. The van der Waals surface area contributed by atoms with Crippen molar-refractivity contribution >= 4 is 28.7 Å². The molecule has 24 heavy (non-hydrogen) atoms. The van der Waals surface area contributed by atoms with Gasteiger partial charge in [0.05, 0.1) is 24.2 Å². The molecular formula is C16H22ClN5O2. The van der Waals surface area contributed by atoms with Gasteiger partial charge in [0.25, 0.3) is 0 Å². The minimum atomic E-state index is -0.507. The lowest BCUT2D eigenvalue weighted by molar-refractivity contribution is 0.0208. The number of likely N-dealkylation sites (tertiary alicyclic amines) is 1. The van der Waals surface area contributed by atoms with Gasteiger partial charge in [0, 0.05) is 12.7 Å². The Bertz CT molecular complexity index is 754. The number of nitrogens with zero attached hydrogens (tertiary/aromatic N) is 5. The fourth-order valence-electron chi connectivity index (χ4n) is 3.05. The zero-order chi connectivity index (χ0) is 17.5. The molecule has 130 valence electrons. The van der Waals surface area contributed by atoms with Gasteiger partial charge in [-0.3, -0.25) is 0 Å². The molecule has 0 radical (unpaired) electrons. The number of aromatic nitrogens is 4. The monoisotopic (exact) mass is 351 g/mol. The van der Waals surface area contributed by atoms with Gasteiger partial charge in [-0.05, 0) is 44.7 Å². The van der Waals surface area contributed by atoms with E-state index < -0.39 is 5.60 Å². The van der Waals surface area contributed by atoms with Gasteiger partial charge in [-0.15, -0.1) is 0 Å². The smallest absolute Gasteiger partial charge is 0.410 e. The molecule has 0 unspecified atom stereocenters. The minimum absolute atomic E-state index is 0.0201. The summed E-state index contributed by atoms with van der Waals surface area (Å²) in [7, 11) is 0. The topological polar surface area (TPSA) is 73.1 Å². The van der Waals surface area contributed by atoms with E-state index in [1.54, 1.807) is 22.0 Å². The molecule has 2 atom stereocenters. The number of rotatable bonds is 2. The van der Waals surface area contributed by atoms with Gasteiger partial charge in [0.15, 0.2) is 5.65 Å². The summed E-state index contributed by atoms with van der Waals surface area (Å²) >= 11 is 5.89. The highest BCUT2D eigenvalue weighted by atomic mass is 35.5. The van der Waals surface area contributed by atoms with Crippen molar-refractivity contribution in [3.8, 4) is 0 Å². The normalized spacial score (nSPS) is 21.5. The molecule has 1 aliphatic heterocycles. The first kappa shape index (κ1) is 17.0. The van der Waals surface area contributed by atoms with Crippen LogP contribution in [0.1, 0.15) is 34.1 Å². The van der Waals surface area contributed by atoms with Gasteiger partial charge < -0.3 is 9.64 Å². The van der Waals surface area contributed by atoms with Crippen LogP contribution in [0.2, 0.25) is 5.28 Å². The molecule has 1 aliphatic rings. The molecule has 7 nitrogen and oxygen atoms in total. The van der Waals surface area contributed by atoms with Gasteiger partial charge in [-0.2, -0.15) is 10.1 Å². The summed E-state index contributed by atoms with van der Waals surface area (Å²) in [4.78, 5) is 22.5. The van der Waals surface area contributed by atoms with Gasteiger partial charge in [0.1, 0.15) is 5.60 Å². The first-order chi connectivity index (χ1) is 11.2. The van der Waals surface area contributed by atoms with Crippen LogP contribution in [0.3, 0.4) is 0 Å². The lowest BCUT2D eigenvalue weighted by Gasteiger charge is -2.28. The molecule has 0 saturated carbocycles. The van der Waals surface area contributed by atoms with Crippen LogP contribution in [0.25, 0.3) is 11.0 Å². The van der Waals surface area contributed by atoms with Crippen molar-refractivity contribution in [2.75, 3.05) is 6.54 Å². The van der Waals surface area contributed by atoms with Crippen LogP contribution >= 0.6 is 11.6 Å². The first-order valence-corrected chi connectivity index (χ1v) is 8.44. The highest BCUT2D eigenvalue weighted by molar-refractivity contribution is 6.28. The Morgan fingerprint density at radius 2 is 2.17 bits per heavy atom. The molecule has 2 aromatic rings. The molecule has 0 spiro atoms. The standard InChI is InChI=1S/C16H22ClN5O2/c1-10-5-12(21(8-10)15(23)24-16(2,3)4)9-22-13-11(7-19-22)6-18-14(17)20-13/h6-7,10,12H,5,8-9H2,1-4H3/t10-,12+/m1/s1. The van der Waals surface area contributed by atoms with Crippen molar-refractivity contribution in [3.63, 3.8) is 0 Å². The second-order valence-corrected chi connectivity index (χ2v) is 7.71. The largest absolute Gasteiger partial charge is 0.444 e. The van der Waals surface area contributed by atoms with Gasteiger partial charge in [0.2, 0.25) is 5.28 Å². The van der Waals surface area contributed by atoms with Crippen LogP contribution in [-0.2, 0) is 11.3 Å². The predicted octanol–water partition coefficient (Wildman–Crippen LogP) is 3.13. The molecule has 0 aliphatic carbocycles. The molecule has 3 rings (SSSR count). The van der Waals surface area contributed by atoms with E-state index in [1.165, 1.54) is 0 Å². The Balaban J connectivity index is 1.81. The molecule has 0 N–H and O–H groups in total. The minimum Gasteiger partial charge on any atom is -0.444 e. The van der Waals surface area contributed by atoms with Crippen molar-refractivity contribution in [2.45, 2.75) is 52.3 Å². The summed E-state index contributed by atoms with van der Waals surface area (Å²) in [6.07, 6.45) is 3.99. The summed E-state index contributed by atoms with van der Waals surface area (Å²) < 4.78 is 7.32. The summed E-state index contributed by atoms with van der Waals surface area (Å²) in [5.74, 6) is 0.419. The van der Waals surface area contributed by atoms with E-state index in [1.807, 2.05) is 20.8 Å². The summed E-state index contributed by atoms with van der Waals surface area (Å²) in [6.45, 7) is 9.00.